The number of piperidine rings is 1. The number of aromatic hydroxyl groups is 1. The summed E-state index contributed by atoms with van der Waals surface area (Å²) in [6, 6.07) is 3.34. The van der Waals surface area contributed by atoms with E-state index in [1.165, 1.54) is 4.90 Å². The third-order valence-corrected chi connectivity index (χ3v) is 3.56. The van der Waals surface area contributed by atoms with Crippen LogP contribution in [0.1, 0.15) is 24.5 Å². The average molecular weight is 261 g/mol. The first-order valence-corrected chi connectivity index (χ1v) is 6.29. The Morgan fingerprint density at radius 1 is 1.37 bits per heavy atom. The van der Waals surface area contributed by atoms with Crippen molar-refractivity contribution >= 4 is 11.7 Å². The van der Waals surface area contributed by atoms with E-state index in [4.69, 9.17) is 5.11 Å². The van der Waals surface area contributed by atoms with Gasteiger partial charge in [0.25, 0.3) is 0 Å². The molecule has 0 spiro atoms. The lowest BCUT2D eigenvalue weighted by molar-refractivity contribution is 0.130. The summed E-state index contributed by atoms with van der Waals surface area (Å²) >= 11 is 0. The van der Waals surface area contributed by atoms with E-state index >= 15 is 0 Å². The van der Waals surface area contributed by atoms with Crippen LogP contribution in [0.5, 0.6) is 5.75 Å². The van der Waals surface area contributed by atoms with Crippen molar-refractivity contribution in [1.82, 2.24) is 14.3 Å². The minimum atomic E-state index is -0.869. The van der Waals surface area contributed by atoms with Crippen LogP contribution in [-0.4, -0.2) is 43.7 Å². The summed E-state index contributed by atoms with van der Waals surface area (Å²) in [6.45, 7) is 1.09. The fraction of sp³-hybridized carbons (Fsp3) is 0.385. The number of hydrogen-bond acceptors (Lipinski definition) is 3. The van der Waals surface area contributed by atoms with Crippen LogP contribution in [0.4, 0.5) is 4.79 Å². The minimum absolute atomic E-state index is 0.131. The van der Waals surface area contributed by atoms with Crippen molar-refractivity contribution in [2.75, 3.05) is 13.1 Å². The van der Waals surface area contributed by atoms with Crippen molar-refractivity contribution in [3.05, 3.63) is 30.2 Å². The van der Waals surface area contributed by atoms with Crippen LogP contribution in [0.2, 0.25) is 0 Å². The molecule has 19 heavy (non-hydrogen) atoms. The maximum atomic E-state index is 11.0. The van der Waals surface area contributed by atoms with Gasteiger partial charge in [0.15, 0.2) is 0 Å². The van der Waals surface area contributed by atoms with E-state index in [9.17, 15) is 9.90 Å². The number of aromatic nitrogens is 2. The van der Waals surface area contributed by atoms with Gasteiger partial charge in [0.2, 0.25) is 0 Å². The number of pyridine rings is 1. The van der Waals surface area contributed by atoms with Gasteiger partial charge in [-0.3, -0.25) is 0 Å². The molecule has 1 amide bonds. The number of fused-ring (bicyclic) bond motifs is 1. The summed E-state index contributed by atoms with van der Waals surface area (Å²) in [4.78, 5) is 17.0. The van der Waals surface area contributed by atoms with Gasteiger partial charge in [0.05, 0.1) is 11.9 Å². The highest BCUT2D eigenvalue weighted by Gasteiger charge is 2.26. The third kappa shape index (κ3) is 2.21. The molecule has 3 rings (SSSR count). The molecule has 0 saturated carbocycles. The predicted molar refractivity (Wildman–Crippen MR) is 68.4 cm³/mol. The monoisotopic (exact) mass is 261 g/mol. The van der Waals surface area contributed by atoms with Gasteiger partial charge >= 0.3 is 6.09 Å². The molecule has 6 nitrogen and oxygen atoms in total. The number of nitrogens with zero attached hydrogens (tertiary/aromatic N) is 3. The van der Waals surface area contributed by atoms with Gasteiger partial charge < -0.3 is 19.5 Å². The Hall–Kier alpha value is -2.24. The SMILES string of the molecule is O=C(O)N1CCCC(c2cn3cc(O)ccc3n2)C1. The molecular weight excluding hydrogens is 246 g/mol. The highest BCUT2D eigenvalue weighted by Crippen LogP contribution is 2.27. The molecule has 3 heterocycles. The zero-order valence-electron chi connectivity index (χ0n) is 10.4. The summed E-state index contributed by atoms with van der Waals surface area (Å²) in [5.41, 5.74) is 1.65. The van der Waals surface area contributed by atoms with Crippen LogP contribution in [0, 0.1) is 0 Å². The molecule has 1 aliphatic rings. The van der Waals surface area contributed by atoms with Gasteiger partial charge in [-0.05, 0) is 25.0 Å². The van der Waals surface area contributed by atoms with Crippen LogP contribution in [0.25, 0.3) is 5.65 Å². The number of carbonyl (C=O) groups is 1. The Morgan fingerprint density at radius 3 is 3.00 bits per heavy atom. The minimum Gasteiger partial charge on any atom is -0.506 e. The Morgan fingerprint density at radius 2 is 2.21 bits per heavy atom. The number of carboxylic acid groups (broad SMARTS) is 1. The standard InChI is InChI=1S/C13H15N3O3/c17-10-3-4-12-14-11(8-16(12)7-10)9-2-1-5-15(6-9)13(18)19/h3-4,7-9,17H,1-2,5-6H2,(H,18,19). The summed E-state index contributed by atoms with van der Waals surface area (Å²) in [6.07, 6.45) is 4.40. The Kier molecular flexibility index (Phi) is 2.77. The zero-order valence-corrected chi connectivity index (χ0v) is 10.4. The number of imidazole rings is 1. The van der Waals surface area contributed by atoms with Crippen molar-refractivity contribution in [2.24, 2.45) is 0 Å². The number of hydrogen-bond donors (Lipinski definition) is 2. The van der Waals surface area contributed by atoms with E-state index in [1.54, 1.807) is 22.7 Å². The van der Waals surface area contributed by atoms with E-state index in [2.05, 4.69) is 4.98 Å². The smallest absolute Gasteiger partial charge is 0.407 e. The fourth-order valence-electron chi connectivity index (χ4n) is 2.59. The molecule has 0 aliphatic carbocycles. The summed E-state index contributed by atoms with van der Waals surface area (Å²) < 4.78 is 1.77. The quantitative estimate of drug-likeness (QED) is 0.821. The molecule has 2 aromatic heterocycles. The van der Waals surface area contributed by atoms with Crippen LogP contribution >= 0.6 is 0 Å². The largest absolute Gasteiger partial charge is 0.506 e. The average Bonchev–Trinajstić information content (AvgIpc) is 2.81. The van der Waals surface area contributed by atoms with Gasteiger partial charge in [-0.2, -0.15) is 0 Å². The molecule has 1 aliphatic heterocycles. The van der Waals surface area contributed by atoms with Gasteiger partial charge in [-0.15, -0.1) is 0 Å². The molecule has 6 heteroatoms. The molecule has 0 bridgehead atoms. The van der Waals surface area contributed by atoms with Crippen molar-refractivity contribution in [3.8, 4) is 5.75 Å². The Bertz CT molecular complexity index is 623. The number of likely N-dealkylation sites (tertiary alicyclic amines) is 1. The maximum Gasteiger partial charge on any atom is 0.407 e. The van der Waals surface area contributed by atoms with E-state index in [-0.39, 0.29) is 11.7 Å². The van der Waals surface area contributed by atoms with E-state index in [0.717, 1.165) is 24.2 Å². The summed E-state index contributed by atoms with van der Waals surface area (Å²) in [7, 11) is 0. The third-order valence-electron chi connectivity index (χ3n) is 3.56. The molecule has 0 radical (unpaired) electrons. The summed E-state index contributed by atoms with van der Waals surface area (Å²) in [5.74, 6) is 0.319. The van der Waals surface area contributed by atoms with Crippen molar-refractivity contribution < 1.29 is 15.0 Å². The highest BCUT2D eigenvalue weighted by molar-refractivity contribution is 5.65. The first kappa shape index (κ1) is 11.8. The lowest BCUT2D eigenvalue weighted by Gasteiger charge is -2.29. The molecule has 2 N–H and O–H groups in total. The van der Waals surface area contributed by atoms with Gasteiger partial charge in [0.1, 0.15) is 11.4 Å². The van der Waals surface area contributed by atoms with Crippen LogP contribution in [-0.2, 0) is 0 Å². The second-order valence-corrected chi connectivity index (χ2v) is 4.89. The normalized spacial score (nSPS) is 19.8. The van der Waals surface area contributed by atoms with Gasteiger partial charge in [-0.25, -0.2) is 9.78 Å². The van der Waals surface area contributed by atoms with Crippen LogP contribution in [0.3, 0.4) is 0 Å². The molecule has 1 unspecified atom stereocenters. The van der Waals surface area contributed by atoms with Gasteiger partial charge in [-0.1, -0.05) is 0 Å². The van der Waals surface area contributed by atoms with E-state index in [1.807, 2.05) is 6.20 Å². The van der Waals surface area contributed by atoms with Crippen LogP contribution in [0.15, 0.2) is 24.5 Å². The van der Waals surface area contributed by atoms with Crippen LogP contribution < -0.4 is 0 Å². The topological polar surface area (TPSA) is 78.1 Å². The second kappa shape index (κ2) is 4.46. The molecule has 2 aromatic rings. The number of rotatable bonds is 1. The van der Waals surface area contributed by atoms with Crippen molar-refractivity contribution in [1.29, 1.82) is 0 Å². The fourth-order valence-corrected chi connectivity index (χ4v) is 2.59. The zero-order chi connectivity index (χ0) is 13.4. The second-order valence-electron chi connectivity index (χ2n) is 4.89. The van der Waals surface area contributed by atoms with Crippen molar-refractivity contribution in [3.63, 3.8) is 0 Å². The number of amides is 1. The lowest BCUT2D eigenvalue weighted by atomic mass is 9.96. The molecule has 1 saturated heterocycles. The maximum absolute atomic E-state index is 11.0. The predicted octanol–water partition coefficient (Wildman–Crippen LogP) is 1.90. The van der Waals surface area contributed by atoms with E-state index in [0.29, 0.717) is 13.1 Å². The molecule has 100 valence electrons. The van der Waals surface area contributed by atoms with Gasteiger partial charge in [0, 0.05) is 25.2 Å². The molecule has 0 aromatic carbocycles. The molecule has 1 atom stereocenters. The Balaban J connectivity index is 1.89. The molecule has 1 fully saturated rings. The molecular formula is C13H15N3O3. The van der Waals surface area contributed by atoms with E-state index < -0.39 is 6.09 Å². The summed E-state index contributed by atoms with van der Waals surface area (Å²) in [5, 5.41) is 18.5. The highest BCUT2D eigenvalue weighted by atomic mass is 16.4. The lowest BCUT2D eigenvalue weighted by Crippen LogP contribution is -2.38. The Labute approximate surface area is 109 Å². The first-order valence-electron chi connectivity index (χ1n) is 6.29. The van der Waals surface area contributed by atoms with Crippen molar-refractivity contribution in [2.45, 2.75) is 18.8 Å². The first-order chi connectivity index (χ1) is 9.13.